The highest BCUT2D eigenvalue weighted by molar-refractivity contribution is 5.71. The number of benzene rings is 2. The average molecular weight is 435 g/mol. The van der Waals surface area contributed by atoms with Crippen molar-refractivity contribution in [3.8, 4) is 11.5 Å². The SMILES string of the molecule is COC(=O)C[C@@H](c1ccc(O)cc1)c1oc(CN2CCc3ccccc3C2)cc(=O)c1O. The Morgan fingerprint density at radius 3 is 2.56 bits per heavy atom. The Labute approximate surface area is 185 Å². The molecule has 0 unspecified atom stereocenters. The Bertz CT molecular complexity index is 1170. The number of nitrogens with zero attached hydrogens (tertiary/aromatic N) is 1. The molecular weight excluding hydrogens is 410 g/mol. The van der Waals surface area contributed by atoms with Gasteiger partial charge < -0.3 is 19.4 Å². The summed E-state index contributed by atoms with van der Waals surface area (Å²) in [6.45, 7) is 1.96. The van der Waals surface area contributed by atoms with Crippen LogP contribution in [0.4, 0.5) is 0 Å². The summed E-state index contributed by atoms with van der Waals surface area (Å²) in [5.74, 6) is -1.28. The molecule has 0 spiro atoms. The predicted molar refractivity (Wildman–Crippen MR) is 117 cm³/mol. The first kappa shape index (κ1) is 21.6. The molecular formula is C25H25NO6. The van der Waals surface area contributed by atoms with Gasteiger partial charge >= 0.3 is 5.97 Å². The molecule has 1 aliphatic rings. The van der Waals surface area contributed by atoms with Crippen LogP contribution < -0.4 is 5.43 Å². The summed E-state index contributed by atoms with van der Waals surface area (Å²) < 4.78 is 10.8. The zero-order chi connectivity index (χ0) is 22.7. The van der Waals surface area contributed by atoms with Crippen LogP contribution in [-0.2, 0) is 29.0 Å². The van der Waals surface area contributed by atoms with Gasteiger partial charge in [0.1, 0.15) is 11.5 Å². The summed E-state index contributed by atoms with van der Waals surface area (Å²) in [6.07, 6.45) is 0.780. The van der Waals surface area contributed by atoms with E-state index in [9.17, 15) is 19.8 Å². The topological polar surface area (TPSA) is 100 Å². The van der Waals surface area contributed by atoms with E-state index in [0.717, 1.165) is 19.5 Å². The number of aromatic hydroxyl groups is 2. The van der Waals surface area contributed by atoms with Gasteiger partial charge in [-0.1, -0.05) is 36.4 Å². The largest absolute Gasteiger partial charge is 0.508 e. The normalized spacial score (nSPS) is 14.5. The van der Waals surface area contributed by atoms with Crippen molar-refractivity contribution >= 4 is 5.97 Å². The standard InChI is InChI=1S/C25H25NO6/c1-31-23(29)13-21(17-6-8-19(27)9-7-17)25-24(30)22(28)12-20(32-25)15-26-11-10-16-4-2-3-5-18(16)14-26/h2-9,12,21,27,30H,10-11,13-15H2,1H3/t21-/m0/s1. The fraction of sp³-hybridized carbons (Fsp3) is 0.280. The number of phenols is 1. The number of hydrogen-bond donors (Lipinski definition) is 2. The molecule has 1 aromatic heterocycles. The van der Waals surface area contributed by atoms with E-state index in [1.807, 2.05) is 12.1 Å². The number of fused-ring (bicyclic) bond motifs is 1. The fourth-order valence-corrected chi connectivity index (χ4v) is 4.10. The molecule has 2 aromatic carbocycles. The van der Waals surface area contributed by atoms with Crippen LogP contribution in [0.25, 0.3) is 0 Å². The van der Waals surface area contributed by atoms with Crippen molar-refractivity contribution in [2.45, 2.75) is 31.8 Å². The van der Waals surface area contributed by atoms with Gasteiger partial charge in [0.15, 0.2) is 5.76 Å². The molecule has 0 radical (unpaired) electrons. The first-order valence-corrected chi connectivity index (χ1v) is 10.5. The Morgan fingerprint density at radius 2 is 1.84 bits per heavy atom. The highest BCUT2D eigenvalue weighted by Gasteiger charge is 2.27. The van der Waals surface area contributed by atoms with Gasteiger partial charge in [-0.15, -0.1) is 0 Å². The predicted octanol–water partition coefficient (Wildman–Crippen LogP) is 3.30. The summed E-state index contributed by atoms with van der Waals surface area (Å²) in [7, 11) is 1.27. The molecule has 166 valence electrons. The van der Waals surface area contributed by atoms with Gasteiger partial charge in [0.05, 0.1) is 26.0 Å². The van der Waals surface area contributed by atoms with E-state index in [1.165, 1.54) is 36.4 Å². The van der Waals surface area contributed by atoms with Gasteiger partial charge in [0, 0.05) is 19.2 Å². The molecule has 7 heteroatoms. The maximum atomic E-state index is 12.6. The number of esters is 1. The Balaban J connectivity index is 1.66. The van der Waals surface area contributed by atoms with Crippen LogP contribution in [0.15, 0.2) is 63.8 Å². The molecule has 2 N–H and O–H groups in total. The summed E-state index contributed by atoms with van der Waals surface area (Å²) in [6, 6.07) is 15.8. The third-order valence-corrected chi connectivity index (χ3v) is 5.80. The minimum absolute atomic E-state index is 0.0148. The second kappa shape index (κ2) is 9.28. The van der Waals surface area contributed by atoms with Crippen LogP contribution in [0.3, 0.4) is 0 Å². The Hall–Kier alpha value is -3.58. The van der Waals surface area contributed by atoms with E-state index in [0.29, 0.717) is 17.9 Å². The van der Waals surface area contributed by atoms with Crippen molar-refractivity contribution in [3.05, 3.63) is 93.0 Å². The smallest absolute Gasteiger partial charge is 0.306 e. The van der Waals surface area contributed by atoms with E-state index in [2.05, 4.69) is 17.0 Å². The van der Waals surface area contributed by atoms with Gasteiger partial charge in [-0.05, 0) is 35.2 Å². The molecule has 0 bridgehead atoms. The molecule has 4 rings (SSSR count). The van der Waals surface area contributed by atoms with Crippen LogP contribution in [0.5, 0.6) is 11.5 Å². The lowest BCUT2D eigenvalue weighted by Crippen LogP contribution is -2.30. The van der Waals surface area contributed by atoms with E-state index < -0.39 is 23.1 Å². The summed E-state index contributed by atoms with van der Waals surface area (Å²) >= 11 is 0. The average Bonchev–Trinajstić information content (AvgIpc) is 2.80. The molecule has 0 fully saturated rings. The van der Waals surface area contributed by atoms with Crippen molar-refractivity contribution in [3.63, 3.8) is 0 Å². The van der Waals surface area contributed by atoms with Crippen molar-refractivity contribution in [1.82, 2.24) is 4.90 Å². The van der Waals surface area contributed by atoms with E-state index in [4.69, 9.17) is 9.15 Å². The van der Waals surface area contributed by atoms with Crippen molar-refractivity contribution < 1.29 is 24.2 Å². The minimum atomic E-state index is -0.738. The number of carbonyl (C=O) groups is 1. The molecule has 1 aliphatic heterocycles. The number of phenolic OH excluding ortho intramolecular Hbond substituents is 1. The Kier molecular flexibility index (Phi) is 6.28. The van der Waals surface area contributed by atoms with Crippen LogP contribution in [0.1, 0.15) is 40.5 Å². The second-order valence-electron chi connectivity index (χ2n) is 7.94. The third-order valence-electron chi connectivity index (χ3n) is 5.80. The lowest BCUT2D eigenvalue weighted by atomic mass is 9.92. The zero-order valence-electron chi connectivity index (χ0n) is 17.8. The molecule has 0 aliphatic carbocycles. The van der Waals surface area contributed by atoms with Gasteiger partial charge in [0.25, 0.3) is 0 Å². The van der Waals surface area contributed by atoms with Gasteiger partial charge in [0.2, 0.25) is 11.2 Å². The summed E-state index contributed by atoms with van der Waals surface area (Å²) in [4.78, 5) is 26.8. The monoisotopic (exact) mass is 435 g/mol. The Morgan fingerprint density at radius 1 is 1.12 bits per heavy atom. The fourth-order valence-electron chi connectivity index (χ4n) is 4.10. The number of methoxy groups -OCH3 is 1. The second-order valence-corrected chi connectivity index (χ2v) is 7.94. The zero-order valence-corrected chi connectivity index (χ0v) is 17.8. The number of ether oxygens (including phenoxy) is 1. The van der Waals surface area contributed by atoms with Crippen LogP contribution in [0.2, 0.25) is 0 Å². The number of rotatable bonds is 6. The van der Waals surface area contributed by atoms with E-state index in [-0.39, 0.29) is 17.9 Å². The molecule has 7 nitrogen and oxygen atoms in total. The lowest BCUT2D eigenvalue weighted by molar-refractivity contribution is -0.140. The summed E-state index contributed by atoms with van der Waals surface area (Å²) in [5, 5.41) is 20.1. The molecule has 1 atom stereocenters. The molecule has 3 aromatic rings. The van der Waals surface area contributed by atoms with Crippen molar-refractivity contribution in [2.24, 2.45) is 0 Å². The van der Waals surface area contributed by atoms with E-state index in [1.54, 1.807) is 12.1 Å². The van der Waals surface area contributed by atoms with Gasteiger partial charge in [-0.25, -0.2) is 0 Å². The van der Waals surface area contributed by atoms with E-state index >= 15 is 0 Å². The lowest BCUT2D eigenvalue weighted by Gasteiger charge is -2.28. The first-order valence-electron chi connectivity index (χ1n) is 10.5. The maximum Gasteiger partial charge on any atom is 0.306 e. The van der Waals surface area contributed by atoms with Crippen LogP contribution in [-0.4, -0.2) is 34.7 Å². The summed E-state index contributed by atoms with van der Waals surface area (Å²) in [5.41, 5.74) is 2.61. The molecule has 0 saturated carbocycles. The van der Waals surface area contributed by atoms with Gasteiger partial charge in [-0.2, -0.15) is 0 Å². The number of hydrogen-bond acceptors (Lipinski definition) is 7. The van der Waals surface area contributed by atoms with Gasteiger partial charge in [-0.3, -0.25) is 14.5 Å². The molecule has 0 saturated heterocycles. The highest BCUT2D eigenvalue weighted by Crippen LogP contribution is 2.34. The van der Waals surface area contributed by atoms with Crippen LogP contribution >= 0.6 is 0 Å². The molecule has 2 heterocycles. The maximum absolute atomic E-state index is 12.6. The highest BCUT2D eigenvalue weighted by atomic mass is 16.5. The minimum Gasteiger partial charge on any atom is -0.508 e. The van der Waals surface area contributed by atoms with Crippen molar-refractivity contribution in [1.29, 1.82) is 0 Å². The van der Waals surface area contributed by atoms with Crippen LogP contribution in [0, 0.1) is 0 Å². The first-order chi connectivity index (χ1) is 15.4. The molecule has 32 heavy (non-hydrogen) atoms. The molecule has 0 amide bonds. The van der Waals surface area contributed by atoms with Crippen molar-refractivity contribution in [2.75, 3.05) is 13.7 Å². The number of carbonyl (C=O) groups excluding carboxylic acids is 1. The quantitative estimate of drug-likeness (QED) is 0.573. The third kappa shape index (κ3) is 4.68.